The Morgan fingerprint density at radius 1 is 1.21 bits per heavy atom. The van der Waals surface area contributed by atoms with E-state index in [2.05, 4.69) is 25.9 Å². The summed E-state index contributed by atoms with van der Waals surface area (Å²) in [5, 5.41) is 25.9. The predicted molar refractivity (Wildman–Crippen MR) is 90.1 cm³/mol. The van der Waals surface area contributed by atoms with Crippen molar-refractivity contribution in [3.05, 3.63) is 65.7 Å². The molecule has 0 radical (unpaired) electrons. The zero-order valence-electron chi connectivity index (χ0n) is 12.7. The molecular weight excluding hydrogens is 306 g/mol. The van der Waals surface area contributed by atoms with Crippen LogP contribution in [0.2, 0.25) is 0 Å². The smallest absolute Gasteiger partial charge is 0.328 e. The standard InChI is InChI=1S/C17H15N5O2/c23-16(24)9-8-12-4-6-13(7-5-12)11-18-15-3-1-2-14(10-15)17-19-21-22-20-17/h1-10,18H,11H2,(H,23,24)(H,19,20,21,22). The molecule has 1 heterocycles. The van der Waals surface area contributed by atoms with Crippen molar-refractivity contribution >= 4 is 17.7 Å². The minimum absolute atomic E-state index is 0.549. The fourth-order valence-electron chi connectivity index (χ4n) is 2.17. The fraction of sp³-hybridized carbons (Fsp3) is 0.0588. The molecule has 0 spiro atoms. The highest BCUT2D eigenvalue weighted by Crippen LogP contribution is 2.19. The lowest BCUT2D eigenvalue weighted by Crippen LogP contribution is -1.99. The molecule has 0 unspecified atom stereocenters. The number of tetrazole rings is 1. The van der Waals surface area contributed by atoms with Crippen LogP contribution in [0.4, 0.5) is 5.69 Å². The highest BCUT2D eigenvalue weighted by atomic mass is 16.4. The summed E-state index contributed by atoms with van der Waals surface area (Å²) in [6, 6.07) is 15.4. The van der Waals surface area contributed by atoms with Gasteiger partial charge in [0.05, 0.1) is 0 Å². The number of anilines is 1. The van der Waals surface area contributed by atoms with E-state index in [0.717, 1.165) is 28.5 Å². The van der Waals surface area contributed by atoms with Gasteiger partial charge in [-0.3, -0.25) is 0 Å². The Labute approximate surface area is 138 Å². The van der Waals surface area contributed by atoms with Crippen LogP contribution in [0.5, 0.6) is 0 Å². The molecule has 0 fully saturated rings. The number of hydrogen-bond donors (Lipinski definition) is 3. The van der Waals surface area contributed by atoms with Gasteiger partial charge >= 0.3 is 5.97 Å². The van der Waals surface area contributed by atoms with E-state index < -0.39 is 5.97 Å². The number of rotatable bonds is 6. The average molecular weight is 321 g/mol. The molecule has 3 N–H and O–H groups in total. The molecule has 120 valence electrons. The summed E-state index contributed by atoms with van der Waals surface area (Å²) >= 11 is 0. The molecule has 3 rings (SSSR count). The zero-order valence-corrected chi connectivity index (χ0v) is 12.7. The second-order valence-electron chi connectivity index (χ2n) is 5.08. The van der Waals surface area contributed by atoms with Gasteiger partial charge in [-0.2, -0.15) is 5.21 Å². The summed E-state index contributed by atoms with van der Waals surface area (Å²) in [7, 11) is 0. The third-order valence-corrected chi connectivity index (χ3v) is 3.36. The van der Waals surface area contributed by atoms with Crippen LogP contribution in [0.1, 0.15) is 11.1 Å². The van der Waals surface area contributed by atoms with Gasteiger partial charge in [0.2, 0.25) is 5.82 Å². The number of aromatic amines is 1. The third kappa shape index (κ3) is 4.04. The molecule has 3 aromatic rings. The van der Waals surface area contributed by atoms with E-state index in [0.29, 0.717) is 12.4 Å². The minimum atomic E-state index is -0.956. The Morgan fingerprint density at radius 2 is 2.04 bits per heavy atom. The summed E-state index contributed by atoms with van der Waals surface area (Å²) in [5.41, 5.74) is 3.77. The van der Waals surface area contributed by atoms with E-state index in [4.69, 9.17) is 5.11 Å². The molecule has 0 aliphatic carbocycles. The second-order valence-corrected chi connectivity index (χ2v) is 5.08. The van der Waals surface area contributed by atoms with Gasteiger partial charge in [0, 0.05) is 23.9 Å². The van der Waals surface area contributed by atoms with Crippen molar-refractivity contribution in [2.45, 2.75) is 6.54 Å². The molecule has 7 nitrogen and oxygen atoms in total. The van der Waals surface area contributed by atoms with Gasteiger partial charge in [-0.25, -0.2) is 4.79 Å². The lowest BCUT2D eigenvalue weighted by Gasteiger charge is -2.08. The van der Waals surface area contributed by atoms with Gasteiger partial charge < -0.3 is 10.4 Å². The van der Waals surface area contributed by atoms with Crippen molar-refractivity contribution in [2.24, 2.45) is 0 Å². The number of carbonyl (C=O) groups is 1. The molecular formula is C17H15N5O2. The van der Waals surface area contributed by atoms with Gasteiger partial charge in [-0.15, -0.1) is 10.2 Å². The summed E-state index contributed by atoms with van der Waals surface area (Å²) in [6.07, 6.45) is 2.69. The van der Waals surface area contributed by atoms with Gasteiger partial charge in [0.25, 0.3) is 0 Å². The molecule has 24 heavy (non-hydrogen) atoms. The number of carboxylic acid groups (broad SMARTS) is 1. The molecule has 0 saturated carbocycles. The fourth-order valence-corrected chi connectivity index (χ4v) is 2.17. The molecule has 0 aliphatic heterocycles. The van der Waals surface area contributed by atoms with Gasteiger partial charge in [0.1, 0.15) is 0 Å². The van der Waals surface area contributed by atoms with Crippen LogP contribution in [-0.2, 0) is 11.3 Å². The zero-order chi connectivity index (χ0) is 16.8. The highest BCUT2D eigenvalue weighted by molar-refractivity contribution is 5.85. The van der Waals surface area contributed by atoms with Crippen LogP contribution in [0.3, 0.4) is 0 Å². The molecule has 2 aromatic carbocycles. The number of benzene rings is 2. The van der Waals surface area contributed by atoms with Crippen molar-refractivity contribution < 1.29 is 9.90 Å². The summed E-state index contributed by atoms with van der Waals surface area (Å²) in [6.45, 7) is 0.651. The summed E-state index contributed by atoms with van der Waals surface area (Å²) in [5.74, 6) is -0.407. The summed E-state index contributed by atoms with van der Waals surface area (Å²) < 4.78 is 0. The van der Waals surface area contributed by atoms with Crippen molar-refractivity contribution in [2.75, 3.05) is 5.32 Å². The molecule has 0 aliphatic rings. The van der Waals surface area contributed by atoms with Crippen LogP contribution in [0, 0.1) is 0 Å². The molecule has 1 aromatic heterocycles. The first-order valence-corrected chi connectivity index (χ1v) is 7.28. The molecule has 0 atom stereocenters. The van der Waals surface area contributed by atoms with E-state index in [1.165, 1.54) is 0 Å². The Morgan fingerprint density at radius 3 is 2.75 bits per heavy atom. The van der Waals surface area contributed by atoms with Crippen LogP contribution in [0.15, 0.2) is 54.6 Å². The van der Waals surface area contributed by atoms with Crippen LogP contribution in [-0.4, -0.2) is 31.7 Å². The first-order valence-electron chi connectivity index (χ1n) is 7.28. The average Bonchev–Trinajstić information content (AvgIpc) is 3.14. The SMILES string of the molecule is O=C(O)C=Cc1ccc(CNc2cccc(-c3nn[nH]n3)c2)cc1. The number of carboxylic acids is 1. The molecule has 0 saturated heterocycles. The van der Waals surface area contributed by atoms with E-state index in [-0.39, 0.29) is 0 Å². The Bertz CT molecular complexity index is 842. The van der Waals surface area contributed by atoms with Crippen molar-refractivity contribution in [3.8, 4) is 11.4 Å². The molecule has 0 bridgehead atoms. The van der Waals surface area contributed by atoms with Gasteiger partial charge in [0.15, 0.2) is 0 Å². The number of aromatic nitrogens is 4. The number of H-pyrrole nitrogens is 1. The predicted octanol–water partition coefficient (Wildman–Crippen LogP) is 2.58. The first kappa shape index (κ1) is 15.4. The highest BCUT2D eigenvalue weighted by Gasteiger charge is 2.03. The number of hydrogen-bond acceptors (Lipinski definition) is 5. The van der Waals surface area contributed by atoms with Crippen molar-refractivity contribution in [1.82, 2.24) is 20.6 Å². The quantitative estimate of drug-likeness (QED) is 0.603. The third-order valence-electron chi connectivity index (χ3n) is 3.36. The largest absolute Gasteiger partial charge is 0.478 e. The maximum absolute atomic E-state index is 10.5. The summed E-state index contributed by atoms with van der Waals surface area (Å²) in [4.78, 5) is 10.5. The van der Waals surface area contributed by atoms with Crippen LogP contribution >= 0.6 is 0 Å². The monoisotopic (exact) mass is 321 g/mol. The number of aliphatic carboxylic acids is 1. The Hall–Kier alpha value is -3.48. The van der Waals surface area contributed by atoms with E-state index in [9.17, 15) is 4.79 Å². The van der Waals surface area contributed by atoms with Gasteiger partial charge in [-0.05, 0) is 34.5 Å². The number of nitrogens with zero attached hydrogens (tertiary/aromatic N) is 3. The second kappa shape index (κ2) is 7.19. The normalized spacial score (nSPS) is 10.8. The maximum Gasteiger partial charge on any atom is 0.328 e. The minimum Gasteiger partial charge on any atom is -0.478 e. The van der Waals surface area contributed by atoms with E-state index in [1.807, 2.05) is 48.5 Å². The maximum atomic E-state index is 10.5. The molecule has 0 amide bonds. The van der Waals surface area contributed by atoms with E-state index in [1.54, 1.807) is 6.08 Å². The Balaban J connectivity index is 1.63. The number of nitrogens with one attached hydrogen (secondary N) is 2. The van der Waals surface area contributed by atoms with Crippen LogP contribution < -0.4 is 5.32 Å². The van der Waals surface area contributed by atoms with Gasteiger partial charge in [-0.1, -0.05) is 36.4 Å². The van der Waals surface area contributed by atoms with Crippen molar-refractivity contribution in [3.63, 3.8) is 0 Å². The lowest BCUT2D eigenvalue weighted by atomic mass is 10.1. The lowest BCUT2D eigenvalue weighted by molar-refractivity contribution is -0.131. The Kier molecular flexibility index (Phi) is 4.62. The van der Waals surface area contributed by atoms with E-state index >= 15 is 0 Å². The van der Waals surface area contributed by atoms with Crippen molar-refractivity contribution in [1.29, 1.82) is 0 Å². The first-order chi connectivity index (χ1) is 11.7. The molecule has 7 heteroatoms. The van der Waals surface area contributed by atoms with Crippen LogP contribution in [0.25, 0.3) is 17.5 Å². The topological polar surface area (TPSA) is 104 Å².